The number of aryl methyl sites for hydroxylation is 1. The molecule has 0 spiro atoms. The molecule has 3 aromatic heterocycles. The summed E-state index contributed by atoms with van der Waals surface area (Å²) in [6.45, 7) is 2.08. The maximum atomic E-state index is 4.77. The fraction of sp³-hybridized carbons (Fsp3) is 0.0556. The Labute approximate surface area is 147 Å². The van der Waals surface area contributed by atoms with E-state index in [0.29, 0.717) is 0 Å². The topological polar surface area (TPSA) is 55.1 Å². The van der Waals surface area contributed by atoms with Crippen LogP contribution in [0.2, 0.25) is 0 Å². The van der Waals surface area contributed by atoms with Gasteiger partial charge in [0.25, 0.3) is 0 Å². The van der Waals surface area contributed by atoms with E-state index in [-0.39, 0.29) is 0 Å². The third kappa shape index (κ3) is 2.65. The highest BCUT2D eigenvalue weighted by atomic mass is 79.9. The second-order valence-corrected chi connectivity index (χ2v) is 6.29. The fourth-order valence-corrected chi connectivity index (χ4v) is 2.96. The van der Waals surface area contributed by atoms with Crippen LogP contribution in [0.15, 0.2) is 65.5 Å². The summed E-state index contributed by atoms with van der Waals surface area (Å²) in [5, 5.41) is 7.76. The Hall–Kier alpha value is -2.73. The minimum atomic E-state index is 0.766. The molecule has 6 heteroatoms. The Kier molecular flexibility index (Phi) is 3.74. The predicted molar refractivity (Wildman–Crippen MR) is 98.4 cm³/mol. The van der Waals surface area contributed by atoms with Crippen LogP contribution < -0.4 is 5.32 Å². The lowest BCUT2D eigenvalue weighted by Crippen LogP contribution is -2.03. The van der Waals surface area contributed by atoms with Crippen molar-refractivity contribution in [3.05, 3.63) is 71.1 Å². The van der Waals surface area contributed by atoms with Gasteiger partial charge in [-0.3, -0.25) is 4.98 Å². The smallest absolute Gasteiger partial charge is 0.172 e. The molecular formula is C18H14BrN5. The molecule has 4 aromatic rings. The van der Waals surface area contributed by atoms with Crippen molar-refractivity contribution in [2.24, 2.45) is 0 Å². The maximum absolute atomic E-state index is 4.77. The summed E-state index contributed by atoms with van der Waals surface area (Å²) in [4.78, 5) is 8.91. The zero-order valence-corrected chi connectivity index (χ0v) is 14.5. The minimum Gasteiger partial charge on any atom is -0.339 e. The second-order valence-electron chi connectivity index (χ2n) is 5.44. The van der Waals surface area contributed by atoms with Crippen molar-refractivity contribution >= 4 is 33.1 Å². The molecule has 0 aliphatic heterocycles. The van der Waals surface area contributed by atoms with Crippen molar-refractivity contribution in [1.82, 2.24) is 19.6 Å². The molecule has 0 aliphatic carbocycles. The number of rotatable bonds is 3. The number of pyridine rings is 1. The molecule has 3 heterocycles. The SMILES string of the molecule is Cc1ccccc1-c1cc(Nc2cccnc2)n2ncc(Br)c2n1. The normalized spacial score (nSPS) is 10.9. The van der Waals surface area contributed by atoms with Crippen molar-refractivity contribution in [3.63, 3.8) is 0 Å². The van der Waals surface area contributed by atoms with Crippen LogP contribution in [0, 0.1) is 6.92 Å². The number of anilines is 2. The fourth-order valence-electron chi connectivity index (χ4n) is 2.61. The van der Waals surface area contributed by atoms with Gasteiger partial charge in [-0.25, -0.2) is 4.98 Å². The van der Waals surface area contributed by atoms with Gasteiger partial charge in [-0.05, 0) is 40.5 Å². The highest BCUT2D eigenvalue weighted by Gasteiger charge is 2.12. The number of benzene rings is 1. The Balaban J connectivity index is 1.90. The highest BCUT2D eigenvalue weighted by molar-refractivity contribution is 9.10. The third-order valence-electron chi connectivity index (χ3n) is 3.78. The lowest BCUT2D eigenvalue weighted by molar-refractivity contribution is 0.948. The van der Waals surface area contributed by atoms with Gasteiger partial charge >= 0.3 is 0 Å². The largest absolute Gasteiger partial charge is 0.339 e. The van der Waals surface area contributed by atoms with Gasteiger partial charge in [0.2, 0.25) is 0 Å². The minimum absolute atomic E-state index is 0.766. The number of aromatic nitrogens is 4. The van der Waals surface area contributed by atoms with E-state index in [1.54, 1.807) is 23.1 Å². The number of nitrogens with one attached hydrogen (secondary N) is 1. The molecule has 0 unspecified atom stereocenters. The monoisotopic (exact) mass is 379 g/mol. The molecule has 0 saturated carbocycles. The van der Waals surface area contributed by atoms with E-state index < -0.39 is 0 Å². The van der Waals surface area contributed by atoms with Crippen molar-refractivity contribution in [3.8, 4) is 11.3 Å². The molecule has 4 rings (SSSR count). The van der Waals surface area contributed by atoms with Crippen LogP contribution in [0.5, 0.6) is 0 Å². The number of halogens is 1. The molecule has 0 saturated heterocycles. The Morgan fingerprint density at radius 2 is 1.96 bits per heavy atom. The Morgan fingerprint density at radius 3 is 2.75 bits per heavy atom. The summed E-state index contributed by atoms with van der Waals surface area (Å²) in [7, 11) is 0. The Morgan fingerprint density at radius 1 is 1.08 bits per heavy atom. The molecule has 0 amide bonds. The van der Waals surface area contributed by atoms with Gasteiger partial charge in [0.1, 0.15) is 5.82 Å². The summed E-state index contributed by atoms with van der Waals surface area (Å²) in [6.07, 6.45) is 5.27. The van der Waals surface area contributed by atoms with Crippen molar-refractivity contribution in [2.75, 3.05) is 5.32 Å². The van der Waals surface area contributed by atoms with Crippen LogP contribution in [0.1, 0.15) is 5.56 Å². The van der Waals surface area contributed by atoms with Gasteiger partial charge in [-0.2, -0.15) is 9.61 Å². The first-order valence-electron chi connectivity index (χ1n) is 7.50. The molecule has 0 aliphatic rings. The standard InChI is InChI=1S/C18H14BrN5/c1-12-5-2-3-7-14(12)16-9-17(22-13-6-4-8-20-10-13)24-18(23-16)15(19)11-21-24/h2-11,22H,1H3. The molecule has 5 nitrogen and oxygen atoms in total. The first kappa shape index (κ1) is 14.8. The molecular weight excluding hydrogens is 366 g/mol. The lowest BCUT2D eigenvalue weighted by Gasteiger charge is -2.11. The van der Waals surface area contributed by atoms with Gasteiger partial charge < -0.3 is 5.32 Å². The van der Waals surface area contributed by atoms with E-state index in [0.717, 1.165) is 32.9 Å². The van der Waals surface area contributed by atoms with Crippen molar-refractivity contribution < 1.29 is 0 Å². The van der Waals surface area contributed by atoms with Crippen LogP contribution in [-0.4, -0.2) is 19.6 Å². The molecule has 0 fully saturated rings. The lowest BCUT2D eigenvalue weighted by atomic mass is 10.1. The quantitative estimate of drug-likeness (QED) is 0.564. The molecule has 1 N–H and O–H groups in total. The van der Waals surface area contributed by atoms with Crippen molar-refractivity contribution in [2.45, 2.75) is 6.92 Å². The van der Waals surface area contributed by atoms with E-state index in [1.165, 1.54) is 5.56 Å². The summed E-state index contributed by atoms with van der Waals surface area (Å²) < 4.78 is 2.63. The van der Waals surface area contributed by atoms with E-state index in [1.807, 2.05) is 30.3 Å². The van der Waals surface area contributed by atoms with E-state index in [9.17, 15) is 0 Å². The van der Waals surface area contributed by atoms with Crippen LogP contribution in [0.4, 0.5) is 11.5 Å². The summed E-state index contributed by atoms with van der Waals surface area (Å²) >= 11 is 3.53. The summed E-state index contributed by atoms with van der Waals surface area (Å²) in [5.74, 6) is 0.831. The summed E-state index contributed by atoms with van der Waals surface area (Å²) in [5.41, 5.74) is 4.84. The van der Waals surface area contributed by atoms with Gasteiger partial charge in [-0.15, -0.1) is 0 Å². The number of hydrogen-bond donors (Lipinski definition) is 1. The second kappa shape index (κ2) is 6.05. The van der Waals surface area contributed by atoms with Gasteiger partial charge in [0.15, 0.2) is 5.65 Å². The molecule has 0 radical (unpaired) electrons. The van der Waals surface area contributed by atoms with E-state index in [4.69, 9.17) is 4.98 Å². The Bertz CT molecular complexity index is 1010. The van der Waals surface area contributed by atoms with E-state index >= 15 is 0 Å². The zero-order valence-electron chi connectivity index (χ0n) is 12.9. The predicted octanol–water partition coefficient (Wildman–Crippen LogP) is 4.61. The number of fused-ring (bicyclic) bond motifs is 1. The molecule has 1 aromatic carbocycles. The van der Waals surface area contributed by atoms with Crippen LogP contribution >= 0.6 is 15.9 Å². The average Bonchev–Trinajstić information content (AvgIpc) is 2.98. The first-order chi connectivity index (χ1) is 11.7. The molecule has 24 heavy (non-hydrogen) atoms. The molecule has 118 valence electrons. The van der Waals surface area contributed by atoms with Gasteiger partial charge in [0.05, 0.1) is 28.2 Å². The van der Waals surface area contributed by atoms with Gasteiger partial charge in [-0.1, -0.05) is 24.3 Å². The van der Waals surface area contributed by atoms with Gasteiger partial charge in [0, 0.05) is 17.8 Å². The molecule has 0 bridgehead atoms. The van der Waals surface area contributed by atoms with Crippen LogP contribution in [0.25, 0.3) is 16.9 Å². The van der Waals surface area contributed by atoms with Crippen LogP contribution in [0.3, 0.4) is 0 Å². The number of nitrogens with zero attached hydrogens (tertiary/aromatic N) is 4. The zero-order chi connectivity index (χ0) is 16.5. The average molecular weight is 380 g/mol. The molecule has 0 atom stereocenters. The highest BCUT2D eigenvalue weighted by Crippen LogP contribution is 2.28. The maximum Gasteiger partial charge on any atom is 0.172 e. The van der Waals surface area contributed by atoms with Crippen LogP contribution in [-0.2, 0) is 0 Å². The number of hydrogen-bond acceptors (Lipinski definition) is 4. The summed E-state index contributed by atoms with van der Waals surface area (Å²) in [6, 6.07) is 14.1. The van der Waals surface area contributed by atoms with Crippen molar-refractivity contribution in [1.29, 1.82) is 0 Å². The first-order valence-corrected chi connectivity index (χ1v) is 8.29. The third-order valence-corrected chi connectivity index (χ3v) is 4.34. The van der Waals surface area contributed by atoms with E-state index in [2.05, 4.69) is 50.4 Å².